The van der Waals surface area contributed by atoms with E-state index in [0.717, 1.165) is 39.5 Å². The molecule has 2 amide bonds. The number of thiazole rings is 1. The maximum Gasteiger partial charge on any atom is 0.255 e. The summed E-state index contributed by atoms with van der Waals surface area (Å²) in [5.74, 6) is -1.45. The minimum Gasteiger partial charge on any atom is -0.380 e. The number of thiophene rings is 1. The van der Waals surface area contributed by atoms with Gasteiger partial charge in [-0.1, -0.05) is 50.6 Å². The third kappa shape index (κ3) is 6.59. The van der Waals surface area contributed by atoms with E-state index in [1.807, 2.05) is 41.1 Å². The van der Waals surface area contributed by atoms with Gasteiger partial charge in [0.1, 0.15) is 5.01 Å². The molecule has 7 nitrogen and oxygen atoms in total. The fourth-order valence-electron chi connectivity index (χ4n) is 4.27. The van der Waals surface area contributed by atoms with Gasteiger partial charge in [0.2, 0.25) is 0 Å². The molecule has 1 fully saturated rings. The maximum atomic E-state index is 13.1. The number of carbonyl (C=O) groups excluding carboxylic acids is 2. The van der Waals surface area contributed by atoms with E-state index in [9.17, 15) is 19.8 Å². The Morgan fingerprint density at radius 1 is 1.19 bits per heavy atom. The Balaban J connectivity index is 1.33. The van der Waals surface area contributed by atoms with E-state index in [0.29, 0.717) is 18.0 Å². The number of hydrogen-bond acceptors (Lipinski definition) is 7. The summed E-state index contributed by atoms with van der Waals surface area (Å²) in [6.45, 7) is 6.88. The smallest absolute Gasteiger partial charge is 0.255 e. The first-order valence-corrected chi connectivity index (χ1v) is 14.4. The van der Waals surface area contributed by atoms with Crippen molar-refractivity contribution >= 4 is 46.1 Å². The molecular formula is C27H32ClN3O4S2. The molecule has 3 heterocycles. The predicted molar refractivity (Wildman–Crippen MR) is 147 cm³/mol. The van der Waals surface area contributed by atoms with Crippen LogP contribution >= 0.6 is 34.3 Å². The molecule has 3 atom stereocenters. The standard InChI is InChI=1S/C27H32ClN3O4S2/c1-27(2,3)21-15-37-25(30-21)20-9-6-10-31(20)26(35)23(33)22(32)24(34)29-13-18-12-16(14-36-18)11-17-7-4-5-8-19(17)28/h4-5,7-8,12,14-15,20,22-23,32-33H,6,9-11,13H2,1-3H3,(H,29,34)/t20-,22-,23-/m1/s1. The van der Waals surface area contributed by atoms with Gasteiger partial charge < -0.3 is 20.4 Å². The summed E-state index contributed by atoms with van der Waals surface area (Å²) in [5.41, 5.74) is 2.93. The van der Waals surface area contributed by atoms with Gasteiger partial charge in [-0.2, -0.15) is 0 Å². The molecule has 1 aliphatic rings. The van der Waals surface area contributed by atoms with E-state index < -0.39 is 24.0 Å². The van der Waals surface area contributed by atoms with Crippen molar-refractivity contribution in [3.63, 3.8) is 0 Å². The van der Waals surface area contributed by atoms with E-state index in [2.05, 4.69) is 26.1 Å². The SMILES string of the molecule is CC(C)(C)c1csc([C@H]2CCCN2C(=O)[C@H](O)[C@@H](O)C(=O)NCc2cc(Cc3ccccc3Cl)cs2)n1. The monoisotopic (exact) mass is 561 g/mol. The second kappa shape index (κ2) is 11.6. The third-order valence-electron chi connectivity index (χ3n) is 6.43. The zero-order chi connectivity index (χ0) is 26.7. The fourth-order valence-corrected chi connectivity index (χ4v) is 6.50. The Labute approximate surface area is 230 Å². The van der Waals surface area contributed by atoms with Gasteiger partial charge in [-0.3, -0.25) is 9.59 Å². The normalized spacial score (nSPS) is 17.6. The first kappa shape index (κ1) is 27.7. The molecule has 0 bridgehead atoms. The minimum atomic E-state index is -1.86. The number of carbonyl (C=O) groups is 2. The van der Waals surface area contributed by atoms with Crippen LogP contribution in [0.15, 0.2) is 41.1 Å². The van der Waals surface area contributed by atoms with Gasteiger partial charge in [0.25, 0.3) is 11.8 Å². The number of rotatable bonds is 8. The Morgan fingerprint density at radius 3 is 2.65 bits per heavy atom. The largest absolute Gasteiger partial charge is 0.380 e. The first-order chi connectivity index (χ1) is 17.5. The number of aliphatic hydroxyl groups excluding tert-OH is 2. The van der Waals surface area contributed by atoms with Crippen molar-refractivity contribution < 1.29 is 19.8 Å². The molecule has 3 N–H and O–H groups in total. The summed E-state index contributed by atoms with van der Waals surface area (Å²) >= 11 is 9.22. The van der Waals surface area contributed by atoms with E-state index in [-0.39, 0.29) is 18.0 Å². The average molecular weight is 562 g/mol. The van der Waals surface area contributed by atoms with E-state index in [1.165, 1.54) is 27.6 Å². The van der Waals surface area contributed by atoms with Crippen molar-refractivity contribution in [1.82, 2.24) is 15.2 Å². The number of likely N-dealkylation sites (tertiary alicyclic amines) is 1. The Morgan fingerprint density at radius 2 is 1.95 bits per heavy atom. The lowest BCUT2D eigenvalue weighted by Gasteiger charge is -2.27. The molecule has 0 spiro atoms. The number of nitrogens with zero attached hydrogens (tertiary/aromatic N) is 2. The number of nitrogens with one attached hydrogen (secondary N) is 1. The van der Waals surface area contributed by atoms with Crippen LogP contribution in [0.2, 0.25) is 5.02 Å². The first-order valence-electron chi connectivity index (χ1n) is 12.2. The zero-order valence-electron chi connectivity index (χ0n) is 21.1. The van der Waals surface area contributed by atoms with Crippen molar-refractivity contribution in [3.8, 4) is 0 Å². The van der Waals surface area contributed by atoms with Crippen LogP contribution in [0.1, 0.15) is 66.4 Å². The van der Waals surface area contributed by atoms with Crippen molar-refractivity contribution in [2.24, 2.45) is 0 Å². The highest BCUT2D eigenvalue weighted by Gasteiger charge is 2.39. The Bertz CT molecular complexity index is 1250. The second-order valence-electron chi connectivity index (χ2n) is 10.3. The molecule has 1 aromatic carbocycles. The lowest BCUT2D eigenvalue weighted by atomic mass is 9.93. The van der Waals surface area contributed by atoms with Gasteiger partial charge in [-0.25, -0.2) is 4.98 Å². The van der Waals surface area contributed by atoms with Gasteiger partial charge in [0, 0.05) is 27.2 Å². The minimum absolute atomic E-state index is 0.103. The maximum absolute atomic E-state index is 13.1. The van der Waals surface area contributed by atoms with Crippen LogP contribution in [0.3, 0.4) is 0 Å². The predicted octanol–water partition coefficient (Wildman–Crippen LogP) is 4.45. The summed E-state index contributed by atoms with van der Waals surface area (Å²) in [5, 5.41) is 29.2. The molecule has 37 heavy (non-hydrogen) atoms. The molecule has 0 unspecified atom stereocenters. The van der Waals surface area contributed by atoms with Gasteiger partial charge >= 0.3 is 0 Å². The summed E-state index contributed by atoms with van der Waals surface area (Å²) in [7, 11) is 0. The molecule has 0 aliphatic carbocycles. The highest BCUT2D eigenvalue weighted by molar-refractivity contribution is 7.10. The summed E-state index contributed by atoms with van der Waals surface area (Å²) in [4.78, 5) is 32.8. The van der Waals surface area contributed by atoms with E-state index in [4.69, 9.17) is 16.6 Å². The van der Waals surface area contributed by atoms with Crippen LogP contribution in [0.5, 0.6) is 0 Å². The molecule has 0 saturated carbocycles. The van der Waals surface area contributed by atoms with Crippen LogP contribution in [0.4, 0.5) is 0 Å². The van der Waals surface area contributed by atoms with Crippen molar-refractivity contribution in [2.45, 2.75) is 70.2 Å². The number of amides is 2. The molecule has 0 radical (unpaired) electrons. The van der Waals surface area contributed by atoms with Gasteiger partial charge in [0.15, 0.2) is 12.2 Å². The van der Waals surface area contributed by atoms with Crippen molar-refractivity contribution in [1.29, 1.82) is 0 Å². The van der Waals surface area contributed by atoms with Crippen molar-refractivity contribution in [3.05, 3.63) is 72.8 Å². The number of aromatic nitrogens is 1. The molecule has 198 valence electrons. The summed E-state index contributed by atoms with van der Waals surface area (Å²) in [6, 6.07) is 9.35. The zero-order valence-corrected chi connectivity index (χ0v) is 23.5. The molecule has 3 aromatic rings. The van der Waals surface area contributed by atoms with Crippen LogP contribution in [-0.4, -0.2) is 50.7 Å². The quantitative estimate of drug-likeness (QED) is 0.377. The highest BCUT2D eigenvalue weighted by Crippen LogP contribution is 2.36. The molecule has 4 rings (SSSR count). The van der Waals surface area contributed by atoms with Gasteiger partial charge in [0.05, 0.1) is 18.3 Å². The van der Waals surface area contributed by atoms with Gasteiger partial charge in [-0.05, 0) is 47.9 Å². The van der Waals surface area contributed by atoms with Crippen LogP contribution in [-0.2, 0) is 28.0 Å². The number of aliphatic hydroxyl groups is 2. The average Bonchev–Trinajstić information content (AvgIpc) is 3.62. The second-order valence-corrected chi connectivity index (χ2v) is 12.6. The Hall–Kier alpha value is -2.30. The molecule has 10 heteroatoms. The highest BCUT2D eigenvalue weighted by atomic mass is 35.5. The lowest BCUT2D eigenvalue weighted by Crippen LogP contribution is -2.50. The number of benzene rings is 1. The molecule has 1 aliphatic heterocycles. The van der Waals surface area contributed by atoms with Crippen LogP contribution in [0.25, 0.3) is 0 Å². The van der Waals surface area contributed by atoms with E-state index in [1.54, 1.807) is 0 Å². The van der Waals surface area contributed by atoms with Crippen molar-refractivity contribution in [2.75, 3.05) is 6.54 Å². The molecule has 2 aromatic heterocycles. The van der Waals surface area contributed by atoms with Crippen LogP contribution < -0.4 is 5.32 Å². The van der Waals surface area contributed by atoms with Gasteiger partial charge in [-0.15, -0.1) is 22.7 Å². The molecular weight excluding hydrogens is 530 g/mol. The summed E-state index contributed by atoms with van der Waals surface area (Å²) < 4.78 is 0. The fraction of sp³-hybridized carbons (Fsp3) is 0.444. The number of hydrogen-bond donors (Lipinski definition) is 3. The number of halogens is 1. The molecule has 1 saturated heterocycles. The third-order valence-corrected chi connectivity index (χ3v) is 8.73. The van der Waals surface area contributed by atoms with E-state index >= 15 is 0 Å². The topological polar surface area (TPSA) is 103 Å². The van der Waals surface area contributed by atoms with Crippen LogP contribution in [0, 0.1) is 0 Å². The Kier molecular flexibility index (Phi) is 8.70. The lowest BCUT2D eigenvalue weighted by molar-refractivity contribution is -0.153. The summed E-state index contributed by atoms with van der Waals surface area (Å²) in [6.07, 6.45) is -1.54.